The fourth-order valence-corrected chi connectivity index (χ4v) is 2.18. The van der Waals surface area contributed by atoms with Crippen LogP contribution in [0.3, 0.4) is 0 Å². The van der Waals surface area contributed by atoms with Gasteiger partial charge in [0.25, 0.3) is 0 Å². The largest absolute Gasteiger partial charge is 0.340 e. The zero-order valence-electron chi connectivity index (χ0n) is 10.6. The van der Waals surface area contributed by atoms with Gasteiger partial charge in [0.05, 0.1) is 12.4 Å². The lowest BCUT2D eigenvalue weighted by Crippen LogP contribution is -2.06. The van der Waals surface area contributed by atoms with E-state index >= 15 is 0 Å². The summed E-state index contributed by atoms with van der Waals surface area (Å²) in [7, 11) is 0. The normalized spacial score (nSPS) is 11.3. The topological polar surface area (TPSA) is 69.6 Å². The van der Waals surface area contributed by atoms with Crippen LogP contribution in [0.2, 0.25) is 0 Å². The molecule has 7 heteroatoms. The molecule has 0 unspecified atom stereocenters. The van der Waals surface area contributed by atoms with Gasteiger partial charge in [-0.25, -0.2) is 9.97 Å². The van der Waals surface area contributed by atoms with Crippen molar-refractivity contribution in [3.05, 3.63) is 35.4 Å². The first-order chi connectivity index (χ1) is 9.17. The summed E-state index contributed by atoms with van der Waals surface area (Å²) in [4.78, 5) is 13.1. The van der Waals surface area contributed by atoms with Gasteiger partial charge in [-0.15, -0.1) is 11.6 Å². The summed E-state index contributed by atoms with van der Waals surface area (Å²) in [5.41, 5.74) is 2.67. The number of aryl methyl sites for hydroxylation is 2. The van der Waals surface area contributed by atoms with Gasteiger partial charge in [0.1, 0.15) is 11.3 Å². The average Bonchev–Trinajstić information content (AvgIpc) is 2.94. The fourth-order valence-electron chi connectivity index (χ4n) is 1.97. The molecule has 98 valence electrons. The van der Waals surface area contributed by atoms with E-state index in [1.54, 1.807) is 13.1 Å². The second-order valence-electron chi connectivity index (χ2n) is 4.33. The minimum Gasteiger partial charge on any atom is -0.340 e. The third-order valence-corrected chi connectivity index (χ3v) is 3.03. The van der Waals surface area contributed by atoms with Gasteiger partial charge in [0, 0.05) is 13.1 Å². The highest BCUT2D eigenvalue weighted by Crippen LogP contribution is 2.17. The van der Waals surface area contributed by atoms with Crippen molar-refractivity contribution in [1.82, 2.24) is 24.7 Å². The quantitative estimate of drug-likeness (QED) is 0.687. The molecule has 0 N–H and O–H groups in total. The molecule has 3 aromatic rings. The van der Waals surface area contributed by atoms with Gasteiger partial charge in [-0.2, -0.15) is 4.98 Å². The van der Waals surface area contributed by atoms with Crippen LogP contribution in [0.5, 0.6) is 0 Å². The molecule has 0 aliphatic carbocycles. The second-order valence-corrected chi connectivity index (χ2v) is 4.60. The first-order valence-corrected chi connectivity index (χ1v) is 6.37. The molecule has 0 fully saturated rings. The van der Waals surface area contributed by atoms with Crippen molar-refractivity contribution in [3.8, 4) is 0 Å². The lowest BCUT2D eigenvalue weighted by atomic mass is 10.3. The summed E-state index contributed by atoms with van der Waals surface area (Å²) in [6.45, 7) is 4.19. The Balaban J connectivity index is 2.10. The van der Waals surface area contributed by atoms with Crippen LogP contribution in [0.1, 0.15) is 23.1 Å². The standard InChI is InChI=1S/C12H12ClN5O/c1-7-3-9-12(14-5-7)18(11(4-13)16-9)6-10-15-8(2)19-17-10/h3,5H,4,6H2,1-2H3. The Morgan fingerprint density at radius 3 is 2.84 bits per heavy atom. The van der Waals surface area contributed by atoms with Crippen molar-refractivity contribution < 1.29 is 4.52 Å². The van der Waals surface area contributed by atoms with Gasteiger partial charge in [-0.1, -0.05) is 5.16 Å². The Morgan fingerprint density at radius 1 is 1.32 bits per heavy atom. The summed E-state index contributed by atoms with van der Waals surface area (Å²) >= 11 is 5.94. The number of hydrogen-bond acceptors (Lipinski definition) is 5. The molecular formula is C12H12ClN5O. The number of fused-ring (bicyclic) bond motifs is 1. The fraction of sp³-hybridized carbons (Fsp3) is 0.333. The minimum atomic E-state index is 0.312. The van der Waals surface area contributed by atoms with Gasteiger partial charge >= 0.3 is 0 Å². The molecule has 3 heterocycles. The molecule has 0 bridgehead atoms. The molecule has 0 atom stereocenters. The Morgan fingerprint density at radius 2 is 2.16 bits per heavy atom. The Hall–Kier alpha value is -1.95. The molecule has 0 amide bonds. The number of hydrogen-bond donors (Lipinski definition) is 0. The summed E-state index contributed by atoms with van der Waals surface area (Å²) in [6, 6.07) is 1.98. The zero-order chi connectivity index (χ0) is 13.4. The molecule has 0 saturated heterocycles. The van der Waals surface area contributed by atoms with Crippen LogP contribution in [-0.4, -0.2) is 24.7 Å². The smallest absolute Gasteiger partial charge is 0.223 e. The summed E-state index contributed by atoms with van der Waals surface area (Å²) < 4.78 is 6.88. The van der Waals surface area contributed by atoms with Crippen molar-refractivity contribution in [2.45, 2.75) is 26.3 Å². The van der Waals surface area contributed by atoms with Crippen molar-refractivity contribution >= 4 is 22.8 Å². The van der Waals surface area contributed by atoms with E-state index in [4.69, 9.17) is 16.1 Å². The molecule has 19 heavy (non-hydrogen) atoms. The molecule has 3 aromatic heterocycles. The van der Waals surface area contributed by atoms with Crippen LogP contribution in [0.15, 0.2) is 16.8 Å². The average molecular weight is 278 g/mol. The first kappa shape index (κ1) is 12.1. The highest BCUT2D eigenvalue weighted by Gasteiger charge is 2.14. The van der Waals surface area contributed by atoms with E-state index in [9.17, 15) is 0 Å². The summed E-state index contributed by atoms with van der Waals surface area (Å²) in [6.07, 6.45) is 1.81. The van der Waals surface area contributed by atoms with Gasteiger partial charge in [-0.05, 0) is 18.6 Å². The van der Waals surface area contributed by atoms with Crippen LogP contribution >= 0.6 is 11.6 Å². The molecule has 0 aromatic carbocycles. The number of pyridine rings is 1. The van der Waals surface area contributed by atoms with Crippen molar-refractivity contribution in [3.63, 3.8) is 0 Å². The molecular weight excluding hydrogens is 266 g/mol. The molecule has 0 aliphatic rings. The second kappa shape index (κ2) is 4.62. The predicted molar refractivity (Wildman–Crippen MR) is 70.0 cm³/mol. The molecule has 0 spiro atoms. The Labute approximate surface area is 114 Å². The van der Waals surface area contributed by atoms with Gasteiger partial charge in [0.15, 0.2) is 11.5 Å². The van der Waals surface area contributed by atoms with E-state index in [-0.39, 0.29) is 0 Å². The van der Waals surface area contributed by atoms with E-state index in [0.717, 1.165) is 22.6 Å². The van der Waals surface area contributed by atoms with Crippen LogP contribution < -0.4 is 0 Å². The van der Waals surface area contributed by atoms with Gasteiger partial charge in [-0.3, -0.25) is 0 Å². The SMILES string of the molecule is Cc1cnc2c(c1)nc(CCl)n2Cc1noc(C)n1. The number of halogens is 1. The maximum absolute atomic E-state index is 5.94. The lowest BCUT2D eigenvalue weighted by molar-refractivity contribution is 0.386. The number of imidazole rings is 1. The van der Waals surface area contributed by atoms with E-state index in [2.05, 4.69) is 20.1 Å². The third kappa shape index (κ3) is 2.19. The van der Waals surface area contributed by atoms with Gasteiger partial charge in [0.2, 0.25) is 5.89 Å². The van der Waals surface area contributed by atoms with E-state index in [1.165, 1.54) is 0 Å². The molecule has 3 rings (SSSR count). The van der Waals surface area contributed by atoms with Crippen molar-refractivity contribution in [2.75, 3.05) is 0 Å². The first-order valence-electron chi connectivity index (χ1n) is 5.84. The third-order valence-electron chi connectivity index (χ3n) is 2.79. The Bertz CT molecular complexity index is 733. The number of nitrogens with zero attached hydrogens (tertiary/aromatic N) is 5. The van der Waals surface area contributed by atoms with Crippen molar-refractivity contribution in [2.24, 2.45) is 0 Å². The summed E-state index contributed by atoms with van der Waals surface area (Å²) in [5, 5.41) is 3.88. The molecule has 6 nitrogen and oxygen atoms in total. The molecule has 0 radical (unpaired) electrons. The highest BCUT2D eigenvalue weighted by atomic mass is 35.5. The Kier molecular flexibility index (Phi) is 2.94. The summed E-state index contributed by atoms with van der Waals surface area (Å²) in [5.74, 6) is 2.19. The van der Waals surface area contributed by atoms with Crippen LogP contribution in [0, 0.1) is 13.8 Å². The predicted octanol–water partition coefficient (Wildman–Crippen LogP) is 2.22. The number of rotatable bonds is 3. The van der Waals surface area contributed by atoms with Gasteiger partial charge < -0.3 is 9.09 Å². The number of aromatic nitrogens is 5. The monoisotopic (exact) mass is 277 g/mol. The van der Waals surface area contributed by atoms with Crippen LogP contribution in [0.25, 0.3) is 11.2 Å². The molecule has 0 aliphatic heterocycles. The van der Waals surface area contributed by atoms with Crippen LogP contribution in [0.4, 0.5) is 0 Å². The minimum absolute atomic E-state index is 0.312. The van der Waals surface area contributed by atoms with Crippen LogP contribution in [-0.2, 0) is 12.4 Å². The van der Waals surface area contributed by atoms with Crippen molar-refractivity contribution in [1.29, 1.82) is 0 Å². The maximum Gasteiger partial charge on any atom is 0.223 e. The number of alkyl halides is 1. The molecule has 0 saturated carbocycles. The highest BCUT2D eigenvalue weighted by molar-refractivity contribution is 6.16. The van der Waals surface area contributed by atoms with E-state index in [1.807, 2.05) is 17.6 Å². The van der Waals surface area contributed by atoms with E-state index < -0.39 is 0 Å². The zero-order valence-corrected chi connectivity index (χ0v) is 11.3. The maximum atomic E-state index is 5.94. The van der Waals surface area contributed by atoms with E-state index in [0.29, 0.717) is 24.1 Å². The lowest BCUT2D eigenvalue weighted by Gasteiger charge is -2.03.